The van der Waals surface area contributed by atoms with E-state index in [4.69, 9.17) is 26.5 Å². The van der Waals surface area contributed by atoms with Gasteiger partial charge in [0, 0.05) is 24.3 Å². The van der Waals surface area contributed by atoms with Crippen molar-refractivity contribution in [2.45, 2.75) is 97.6 Å². The molecule has 0 saturated carbocycles. The molecule has 0 saturated heterocycles. The van der Waals surface area contributed by atoms with E-state index in [1.807, 2.05) is 13.8 Å². The average Bonchev–Trinajstić information content (AvgIpc) is 3.03. The van der Waals surface area contributed by atoms with Gasteiger partial charge >= 0.3 is 12.1 Å². The van der Waals surface area contributed by atoms with Gasteiger partial charge in [-0.1, -0.05) is 13.8 Å². The Hall–Kier alpha value is -2.24. The van der Waals surface area contributed by atoms with Crippen molar-refractivity contribution in [3.63, 3.8) is 0 Å². The van der Waals surface area contributed by atoms with E-state index in [-0.39, 0.29) is 18.4 Å². The maximum Gasteiger partial charge on any atom is 0.407 e. The summed E-state index contributed by atoms with van der Waals surface area (Å²) in [7, 11) is 0. The Morgan fingerprint density at radius 2 is 1.88 bits per heavy atom. The number of aryl methyl sites for hydroxylation is 1. The zero-order valence-corrected chi connectivity index (χ0v) is 22.4. The molecule has 0 unspecified atom stereocenters. The molecule has 1 aromatic heterocycles. The first kappa shape index (κ1) is 28.0. The summed E-state index contributed by atoms with van der Waals surface area (Å²) in [6, 6.07) is -1.27. The van der Waals surface area contributed by atoms with Gasteiger partial charge in [0.25, 0.3) is 0 Å². The minimum absolute atomic E-state index is 0.0946. The Bertz CT molecular complexity index is 974. The first-order valence-electron chi connectivity index (χ1n) is 11.4. The minimum atomic E-state index is -0.710. The number of ether oxygens (including phenoxy) is 2. The SMILES string of the molecule is CCC(CC)O[C@@H]1C=C(C(=O)On2c(C)csc2=S)C[C@H](NC(=O)OC(C)(C)C)[C@H]1NC(C)=O. The van der Waals surface area contributed by atoms with Crippen molar-refractivity contribution in [2.75, 3.05) is 0 Å². The number of amides is 2. The maximum absolute atomic E-state index is 13.1. The van der Waals surface area contributed by atoms with Gasteiger partial charge in [0.05, 0.1) is 30.0 Å². The Morgan fingerprint density at radius 3 is 2.38 bits per heavy atom. The van der Waals surface area contributed by atoms with Crippen LogP contribution in [0.15, 0.2) is 17.0 Å². The van der Waals surface area contributed by atoms with Crippen LogP contribution in [0.2, 0.25) is 0 Å². The lowest BCUT2D eigenvalue weighted by Crippen LogP contribution is -2.60. The van der Waals surface area contributed by atoms with Gasteiger partial charge < -0.3 is 24.9 Å². The molecule has 0 aliphatic heterocycles. The number of alkyl carbamates (subject to hydrolysis) is 1. The van der Waals surface area contributed by atoms with Crippen molar-refractivity contribution >= 4 is 41.5 Å². The number of rotatable bonds is 8. The van der Waals surface area contributed by atoms with Gasteiger partial charge in [-0.25, -0.2) is 9.59 Å². The van der Waals surface area contributed by atoms with Crippen LogP contribution in [0.3, 0.4) is 0 Å². The molecule has 0 radical (unpaired) electrons. The molecule has 1 aromatic rings. The average molecular weight is 514 g/mol. The summed E-state index contributed by atoms with van der Waals surface area (Å²) in [5, 5.41) is 7.48. The fraction of sp³-hybridized carbons (Fsp3) is 0.652. The van der Waals surface area contributed by atoms with E-state index >= 15 is 0 Å². The van der Waals surface area contributed by atoms with Crippen molar-refractivity contribution in [1.82, 2.24) is 15.4 Å². The fourth-order valence-electron chi connectivity index (χ4n) is 3.58. The largest absolute Gasteiger partial charge is 0.444 e. The van der Waals surface area contributed by atoms with Gasteiger partial charge in [-0.3, -0.25) is 4.79 Å². The van der Waals surface area contributed by atoms with Crippen LogP contribution in [0.5, 0.6) is 0 Å². The molecule has 0 fully saturated rings. The molecule has 0 spiro atoms. The second kappa shape index (κ2) is 11.9. The quantitative estimate of drug-likeness (QED) is 0.509. The molecule has 11 heteroatoms. The van der Waals surface area contributed by atoms with Gasteiger partial charge in [0.2, 0.25) is 5.91 Å². The molecule has 2 rings (SSSR count). The third-order valence-corrected chi connectivity index (χ3v) is 6.46. The van der Waals surface area contributed by atoms with Crippen molar-refractivity contribution < 1.29 is 28.7 Å². The Balaban J connectivity index is 2.40. The van der Waals surface area contributed by atoms with E-state index in [0.717, 1.165) is 12.8 Å². The predicted octanol–water partition coefficient (Wildman–Crippen LogP) is 3.84. The predicted molar refractivity (Wildman–Crippen MR) is 132 cm³/mol. The molecule has 190 valence electrons. The summed E-state index contributed by atoms with van der Waals surface area (Å²) < 4.78 is 13.4. The van der Waals surface area contributed by atoms with Crippen LogP contribution < -0.4 is 15.5 Å². The van der Waals surface area contributed by atoms with E-state index in [9.17, 15) is 14.4 Å². The lowest BCUT2D eigenvalue weighted by molar-refractivity contribution is -0.140. The van der Waals surface area contributed by atoms with E-state index in [1.165, 1.54) is 23.0 Å². The van der Waals surface area contributed by atoms with Gasteiger partial charge in [-0.2, -0.15) is 4.73 Å². The molecule has 1 aliphatic carbocycles. The van der Waals surface area contributed by atoms with Crippen molar-refractivity contribution in [3.05, 3.63) is 26.7 Å². The summed E-state index contributed by atoms with van der Waals surface area (Å²) in [5.41, 5.74) is 0.299. The van der Waals surface area contributed by atoms with Gasteiger partial charge in [0.1, 0.15) is 5.60 Å². The number of nitrogens with one attached hydrogen (secondary N) is 2. The summed E-state index contributed by atoms with van der Waals surface area (Å²) in [4.78, 5) is 43.2. The monoisotopic (exact) mass is 513 g/mol. The third kappa shape index (κ3) is 7.92. The van der Waals surface area contributed by atoms with E-state index in [0.29, 0.717) is 15.2 Å². The number of thiazole rings is 1. The molecule has 0 aromatic carbocycles. The normalized spacial score (nSPS) is 20.5. The van der Waals surface area contributed by atoms with Crippen molar-refractivity contribution in [1.29, 1.82) is 0 Å². The van der Waals surface area contributed by atoms with E-state index in [1.54, 1.807) is 39.2 Å². The highest BCUT2D eigenvalue weighted by molar-refractivity contribution is 7.73. The Morgan fingerprint density at radius 1 is 1.24 bits per heavy atom. The number of hydrogen-bond acceptors (Lipinski definition) is 8. The molecule has 2 amide bonds. The maximum atomic E-state index is 13.1. The van der Waals surface area contributed by atoms with E-state index in [2.05, 4.69) is 10.6 Å². The highest BCUT2D eigenvalue weighted by Crippen LogP contribution is 2.25. The van der Waals surface area contributed by atoms with Crippen LogP contribution >= 0.6 is 23.6 Å². The number of nitrogens with zero attached hydrogens (tertiary/aromatic N) is 1. The van der Waals surface area contributed by atoms with Crippen LogP contribution in [-0.4, -0.2) is 52.6 Å². The van der Waals surface area contributed by atoms with Crippen LogP contribution in [0.1, 0.15) is 66.5 Å². The van der Waals surface area contributed by atoms with Crippen LogP contribution in [0.4, 0.5) is 4.79 Å². The van der Waals surface area contributed by atoms with Gasteiger partial charge in [-0.15, -0.1) is 11.3 Å². The van der Waals surface area contributed by atoms with Crippen LogP contribution in [-0.2, 0) is 19.1 Å². The fourth-order valence-corrected chi connectivity index (χ4v) is 4.55. The Kier molecular flexibility index (Phi) is 9.84. The molecule has 34 heavy (non-hydrogen) atoms. The second-order valence-corrected chi connectivity index (χ2v) is 10.7. The van der Waals surface area contributed by atoms with Gasteiger partial charge in [0.15, 0.2) is 3.95 Å². The smallest absolute Gasteiger partial charge is 0.407 e. The number of carbonyl (C=O) groups excluding carboxylic acids is 3. The molecule has 3 atom stereocenters. The van der Waals surface area contributed by atoms with E-state index < -0.39 is 35.9 Å². The minimum Gasteiger partial charge on any atom is -0.444 e. The molecule has 0 bridgehead atoms. The highest BCUT2D eigenvalue weighted by Gasteiger charge is 2.39. The lowest BCUT2D eigenvalue weighted by Gasteiger charge is -2.38. The summed E-state index contributed by atoms with van der Waals surface area (Å²) >= 11 is 6.53. The zero-order valence-electron chi connectivity index (χ0n) is 20.8. The van der Waals surface area contributed by atoms with Crippen LogP contribution in [0, 0.1) is 10.9 Å². The highest BCUT2D eigenvalue weighted by atomic mass is 32.1. The summed E-state index contributed by atoms with van der Waals surface area (Å²) in [6.45, 7) is 12.5. The zero-order chi connectivity index (χ0) is 25.6. The number of aromatic nitrogens is 1. The molecule has 9 nitrogen and oxygen atoms in total. The summed E-state index contributed by atoms with van der Waals surface area (Å²) in [6.07, 6.45) is 1.87. The molecular formula is C23H35N3O6S2. The summed E-state index contributed by atoms with van der Waals surface area (Å²) in [5.74, 6) is -0.883. The molecule has 1 heterocycles. The lowest BCUT2D eigenvalue weighted by atomic mass is 9.87. The molecular weight excluding hydrogens is 478 g/mol. The van der Waals surface area contributed by atoms with Crippen LogP contribution in [0.25, 0.3) is 0 Å². The second-order valence-electron chi connectivity index (χ2n) is 9.23. The first-order valence-corrected chi connectivity index (χ1v) is 12.7. The van der Waals surface area contributed by atoms with Crippen molar-refractivity contribution in [3.8, 4) is 0 Å². The number of carbonyl (C=O) groups is 3. The van der Waals surface area contributed by atoms with Crippen molar-refractivity contribution in [2.24, 2.45) is 0 Å². The molecule has 2 N–H and O–H groups in total. The van der Waals surface area contributed by atoms with Gasteiger partial charge in [-0.05, 0) is 58.8 Å². The third-order valence-electron chi connectivity index (χ3n) is 5.18. The standard InChI is InChI=1S/C23H35N3O6S2/c1-8-16(9-2)30-18-11-15(20(28)32-26-13(3)12-34-22(26)33)10-17(19(18)24-14(4)27)25-21(29)31-23(5,6)7/h11-12,16-19H,8-10H2,1-7H3,(H,24,27)(H,25,29)/t17-,18+,19+/m0/s1. The Labute approximate surface area is 209 Å². The number of hydrogen-bond donors (Lipinski definition) is 2. The molecule has 1 aliphatic rings. The topological polar surface area (TPSA) is 108 Å². The first-order chi connectivity index (χ1) is 15.8.